The number of carbonyl (C=O) groups is 2. The predicted molar refractivity (Wildman–Crippen MR) is 144 cm³/mol. The summed E-state index contributed by atoms with van der Waals surface area (Å²) in [4.78, 5) is 24.1. The summed E-state index contributed by atoms with van der Waals surface area (Å²) in [6, 6.07) is 0. The van der Waals surface area contributed by atoms with Crippen LogP contribution in [0, 0.1) is 39.9 Å². The highest BCUT2D eigenvalue weighted by atomic mass is 16.6. The first-order valence-electron chi connectivity index (χ1n) is 15.3. The predicted octanol–water partition coefficient (Wildman–Crippen LogP) is 7.25. The van der Waals surface area contributed by atoms with Crippen LogP contribution >= 0.6 is 0 Å². The highest BCUT2D eigenvalue weighted by Crippen LogP contribution is 2.85. The van der Waals surface area contributed by atoms with Gasteiger partial charge in [0, 0.05) is 37.0 Å². The van der Waals surface area contributed by atoms with E-state index in [1.165, 1.54) is 52.4 Å². The van der Waals surface area contributed by atoms with Crippen molar-refractivity contribution in [2.45, 2.75) is 149 Å². The number of epoxide rings is 1. The van der Waals surface area contributed by atoms with Gasteiger partial charge in [-0.3, -0.25) is 9.59 Å². The van der Waals surface area contributed by atoms with Crippen molar-refractivity contribution in [2.75, 3.05) is 0 Å². The zero-order chi connectivity index (χ0) is 27.0. The molecule has 0 spiro atoms. The Bertz CT molecular complexity index is 930. The van der Waals surface area contributed by atoms with E-state index in [1.54, 1.807) is 0 Å². The Kier molecular flexibility index (Phi) is 6.65. The number of ether oxygens (including phenoxy) is 3. The fraction of sp³-hybridized carbons (Fsp3) is 0.938. The third-order valence-electron chi connectivity index (χ3n) is 12.8. The second kappa shape index (κ2) is 8.96. The Morgan fingerprint density at radius 1 is 0.865 bits per heavy atom. The van der Waals surface area contributed by atoms with E-state index in [4.69, 9.17) is 14.2 Å². The number of fused-ring (bicyclic) bond motifs is 2. The highest BCUT2D eigenvalue weighted by Gasteiger charge is 2.90. The van der Waals surface area contributed by atoms with E-state index in [0.717, 1.165) is 49.9 Å². The minimum absolute atomic E-state index is 0.0761. The van der Waals surface area contributed by atoms with Gasteiger partial charge in [-0.05, 0) is 68.1 Å². The molecule has 37 heavy (non-hydrogen) atoms. The lowest BCUT2D eigenvalue weighted by molar-refractivity contribution is -0.183. The van der Waals surface area contributed by atoms with Crippen molar-refractivity contribution in [2.24, 2.45) is 39.9 Å². The van der Waals surface area contributed by atoms with E-state index >= 15 is 0 Å². The van der Waals surface area contributed by atoms with Crippen molar-refractivity contribution in [3.8, 4) is 0 Å². The number of hydrogen-bond acceptors (Lipinski definition) is 5. The first kappa shape index (κ1) is 27.5. The summed E-state index contributed by atoms with van der Waals surface area (Å²) in [5, 5.41) is 0. The van der Waals surface area contributed by atoms with Gasteiger partial charge in [0.1, 0.15) is 23.4 Å². The van der Waals surface area contributed by atoms with Crippen LogP contribution in [0.2, 0.25) is 0 Å². The highest BCUT2D eigenvalue weighted by molar-refractivity contribution is 5.66. The van der Waals surface area contributed by atoms with Crippen LogP contribution in [0.4, 0.5) is 0 Å². The smallest absolute Gasteiger partial charge is 0.302 e. The van der Waals surface area contributed by atoms with Crippen LogP contribution in [0.25, 0.3) is 0 Å². The molecule has 5 nitrogen and oxygen atoms in total. The van der Waals surface area contributed by atoms with Crippen LogP contribution in [0.3, 0.4) is 0 Å². The van der Waals surface area contributed by atoms with Gasteiger partial charge in [0.15, 0.2) is 0 Å². The fourth-order valence-electron chi connectivity index (χ4n) is 10.8. The van der Waals surface area contributed by atoms with Crippen LogP contribution in [0.1, 0.15) is 126 Å². The lowest BCUT2D eigenvalue weighted by atomic mass is 9.40. The molecular formula is C32H52O5. The molecule has 5 aliphatic rings. The van der Waals surface area contributed by atoms with Gasteiger partial charge in [-0.1, -0.05) is 60.8 Å². The summed E-state index contributed by atoms with van der Waals surface area (Å²) >= 11 is 0. The van der Waals surface area contributed by atoms with Crippen molar-refractivity contribution in [3.05, 3.63) is 0 Å². The summed E-state index contributed by atoms with van der Waals surface area (Å²) in [5.41, 5.74) is -0.129. The van der Waals surface area contributed by atoms with Gasteiger partial charge in [-0.2, -0.15) is 0 Å². The Morgan fingerprint density at radius 2 is 1.57 bits per heavy atom. The molecular weight excluding hydrogens is 464 g/mol. The van der Waals surface area contributed by atoms with E-state index in [0.29, 0.717) is 0 Å². The lowest BCUT2D eigenvalue weighted by Gasteiger charge is -2.62. The third-order valence-corrected chi connectivity index (χ3v) is 12.8. The second-order valence-electron chi connectivity index (χ2n) is 14.8. The van der Waals surface area contributed by atoms with Crippen LogP contribution in [-0.4, -0.2) is 35.3 Å². The normalized spacial score (nSPS) is 48.8. The molecule has 0 aromatic heterocycles. The van der Waals surface area contributed by atoms with Gasteiger partial charge in [0.2, 0.25) is 0 Å². The monoisotopic (exact) mass is 516 g/mol. The molecule has 1 saturated heterocycles. The molecule has 0 amide bonds. The van der Waals surface area contributed by atoms with E-state index in [9.17, 15) is 9.59 Å². The number of esters is 2. The molecule has 5 heteroatoms. The van der Waals surface area contributed by atoms with Gasteiger partial charge in [-0.15, -0.1) is 0 Å². The average Bonchev–Trinajstić information content (AvgIpc) is 3.41. The minimum Gasteiger partial charge on any atom is -0.463 e. The summed E-state index contributed by atoms with van der Waals surface area (Å²) < 4.78 is 19.1. The van der Waals surface area contributed by atoms with Gasteiger partial charge < -0.3 is 14.2 Å². The Hall–Kier alpha value is -1.10. The van der Waals surface area contributed by atoms with Crippen LogP contribution in [0.15, 0.2) is 0 Å². The maximum Gasteiger partial charge on any atom is 0.302 e. The maximum atomic E-state index is 12.3. The van der Waals surface area contributed by atoms with Gasteiger partial charge >= 0.3 is 11.9 Å². The van der Waals surface area contributed by atoms with E-state index in [2.05, 4.69) is 41.5 Å². The van der Waals surface area contributed by atoms with Crippen LogP contribution in [0.5, 0.6) is 0 Å². The van der Waals surface area contributed by atoms with E-state index in [1.807, 2.05) is 0 Å². The standard InChI is InChI=1S/C32H52O5/c1-20(2)10-9-11-21(3)25-13-15-30(8)28(25,6)16-17-31-29(7)14-12-24(35-22(4)33)18-26(29)27(36-23(5)34)19-32(30,31)37-31/h20-21,24-27H,9-19H2,1-8H3. The van der Waals surface area contributed by atoms with Crippen molar-refractivity contribution >= 4 is 11.9 Å². The zero-order valence-corrected chi connectivity index (χ0v) is 24.8. The molecule has 4 saturated carbocycles. The van der Waals surface area contributed by atoms with E-state index in [-0.39, 0.29) is 57.5 Å². The summed E-state index contributed by atoms with van der Waals surface area (Å²) in [6.45, 7) is 17.7. The minimum atomic E-state index is -0.223. The average molecular weight is 517 g/mol. The second-order valence-corrected chi connectivity index (χ2v) is 14.8. The molecule has 10 unspecified atom stereocenters. The molecule has 0 bridgehead atoms. The Morgan fingerprint density at radius 3 is 2.22 bits per heavy atom. The van der Waals surface area contributed by atoms with Crippen molar-refractivity contribution in [1.29, 1.82) is 0 Å². The third kappa shape index (κ3) is 3.71. The summed E-state index contributed by atoms with van der Waals surface area (Å²) in [5.74, 6) is 1.95. The lowest BCUT2D eigenvalue weighted by Crippen LogP contribution is -2.67. The van der Waals surface area contributed by atoms with Crippen LogP contribution in [-0.2, 0) is 23.8 Å². The number of carbonyl (C=O) groups excluding carboxylic acids is 2. The van der Waals surface area contributed by atoms with Crippen molar-refractivity contribution in [1.82, 2.24) is 0 Å². The fourth-order valence-corrected chi connectivity index (χ4v) is 10.8. The largest absolute Gasteiger partial charge is 0.463 e. The van der Waals surface area contributed by atoms with Gasteiger partial charge in [0.05, 0.1) is 0 Å². The zero-order valence-electron chi connectivity index (χ0n) is 24.8. The molecule has 10 atom stereocenters. The Labute approximate surface area is 225 Å². The molecule has 0 aromatic carbocycles. The van der Waals surface area contributed by atoms with E-state index < -0.39 is 0 Å². The molecule has 1 heterocycles. The molecule has 0 aromatic rings. The number of hydrogen-bond donors (Lipinski definition) is 0. The maximum absolute atomic E-state index is 12.3. The first-order chi connectivity index (χ1) is 17.3. The quantitative estimate of drug-likeness (QED) is 0.263. The Balaban J connectivity index is 1.45. The van der Waals surface area contributed by atoms with Crippen molar-refractivity contribution in [3.63, 3.8) is 0 Å². The molecule has 0 radical (unpaired) electrons. The van der Waals surface area contributed by atoms with Gasteiger partial charge in [0.25, 0.3) is 0 Å². The van der Waals surface area contributed by atoms with Crippen LogP contribution < -0.4 is 0 Å². The molecule has 5 fully saturated rings. The molecule has 5 rings (SSSR count). The molecule has 4 aliphatic carbocycles. The summed E-state index contributed by atoms with van der Waals surface area (Å²) in [6.07, 6.45) is 11.9. The molecule has 0 N–H and O–H groups in total. The molecule has 1 aliphatic heterocycles. The first-order valence-corrected chi connectivity index (χ1v) is 15.3. The molecule has 210 valence electrons. The van der Waals surface area contributed by atoms with Gasteiger partial charge in [-0.25, -0.2) is 0 Å². The number of rotatable bonds is 7. The summed E-state index contributed by atoms with van der Waals surface area (Å²) in [7, 11) is 0. The SMILES string of the molecule is CC(=O)OC1CCC2(C)C(C1)C(OC(C)=O)CC13OC21CCC1(C)C(C(C)CCCC(C)C)CCC13C. The topological polar surface area (TPSA) is 65.1 Å². The van der Waals surface area contributed by atoms with Crippen molar-refractivity contribution < 1.29 is 23.8 Å².